The van der Waals surface area contributed by atoms with Crippen molar-refractivity contribution in [3.05, 3.63) is 47.4 Å². The maximum atomic E-state index is 15.1. The van der Waals surface area contributed by atoms with E-state index >= 15 is 4.39 Å². The molecule has 2 amide bonds. The molecular formula is C27H34FN7O2. The number of H-pyrrole nitrogens is 1. The number of rotatable bonds is 8. The number of carbonyl (C=O) groups excluding carboxylic acids is 2. The quantitative estimate of drug-likeness (QED) is 0.391. The largest absolute Gasteiger partial charge is 0.339 e. The zero-order valence-corrected chi connectivity index (χ0v) is 21.6. The number of aryl methyl sites for hydroxylation is 3. The lowest BCUT2D eigenvalue weighted by Crippen LogP contribution is -2.50. The fourth-order valence-corrected chi connectivity index (χ4v) is 5.79. The van der Waals surface area contributed by atoms with Gasteiger partial charge in [-0.15, -0.1) is 0 Å². The third-order valence-electron chi connectivity index (χ3n) is 7.95. The average molecular weight is 508 g/mol. The third-order valence-corrected chi connectivity index (χ3v) is 7.95. The molecule has 9 nitrogen and oxygen atoms in total. The Bertz CT molecular complexity index is 1310. The molecule has 3 heterocycles. The number of nitrogens with zero attached hydrogens (tertiary/aromatic N) is 4. The second-order valence-electron chi connectivity index (χ2n) is 10.4. The minimum absolute atomic E-state index is 0.00279. The zero-order valence-electron chi connectivity index (χ0n) is 21.6. The van der Waals surface area contributed by atoms with E-state index in [-0.39, 0.29) is 23.6 Å². The lowest BCUT2D eigenvalue weighted by Gasteiger charge is -2.34. The number of hydrogen-bond acceptors (Lipinski definition) is 5. The first-order chi connectivity index (χ1) is 17.8. The minimum atomic E-state index is -0.752. The summed E-state index contributed by atoms with van der Waals surface area (Å²) >= 11 is 0. The Kier molecular flexibility index (Phi) is 6.83. The van der Waals surface area contributed by atoms with Crippen molar-refractivity contribution in [1.29, 1.82) is 0 Å². The molecule has 0 unspecified atom stereocenters. The van der Waals surface area contributed by atoms with Gasteiger partial charge < -0.3 is 10.6 Å². The van der Waals surface area contributed by atoms with Crippen molar-refractivity contribution in [3.8, 4) is 11.1 Å². The Hall–Kier alpha value is -3.56. The van der Waals surface area contributed by atoms with Gasteiger partial charge in [-0.1, -0.05) is 13.3 Å². The summed E-state index contributed by atoms with van der Waals surface area (Å²) in [5.74, 6) is -1.29. The molecule has 0 aromatic carbocycles. The van der Waals surface area contributed by atoms with Gasteiger partial charge in [0.15, 0.2) is 0 Å². The topological polar surface area (TPSA) is 118 Å². The Morgan fingerprint density at radius 1 is 1.24 bits per heavy atom. The van der Waals surface area contributed by atoms with Crippen molar-refractivity contribution in [2.45, 2.75) is 78.3 Å². The van der Waals surface area contributed by atoms with Gasteiger partial charge in [-0.25, -0.2) is 4.98 Å². The van der Waals surface area contributed by atoms with Crippen LogP contribution in [0.4, 0.5) is 10.2 Å². The fraction of sp³-hybridized carbons (Fsp3) is 0.519. The summed E-state index contributed by atoms with van der Waals surface area (Å²) in [7, 11) is 0. The molecule has 2 aliphatic carbocycles. The van der Waals surface area contributed by atoms with E-state index in [9.17, 15) is 9.59 Å². The predicted octanol–water partition coefficient (Wildman–Crippen LogP) is 4.41. The molecule has 2 fully saturated rings. The molecule has 0 radical (unpaired) electrons. The Morgan fingerprint density at radius 2 is 2.05 bits per heavy atom. The van der Waals surface area contributed by atoms with Crippen molar-refractivity contribution in [1.82, 2.24) is 30.3 Å². The maximum Gasteiger partial charge on any atom is 0.270 e. The molecule has 3 aromatic rings. The van der Waals surface area contributed by atoms with E-state index in [1.165, 1.54) is 19.3 Å². The van der Waals surface area contributed by atoms with Crippen LogP contribution in [0.2, 0.25) is 0 Å². The first-order valence-corrected chi connectivity index (χ1v) is 13.2. The highest BCUT2D eigenvalue weighted by Crippen LogP contribution is 2.58. The highest BCUT2D eigenvalue weighted by atomic mass is 19.1. The maximum absolute atomic E-state index is 15.1. The molecule has 196 valence electrons. The number of aromatic amines is 1. The highest BCUT2D eigenvalue weighted by molar-refractivity contribution is 6.00. The van der Waals surface area contributed by atoms with Crippen molar-refractivity contribution in [3.63, 3.8) is 0 Å². The van der Waals surface area contributed by atoms with Gasteiger partial charge in [-0.3, -0.25) is 19.4 Å². The van der Waals surface area contributed by atoms with Crippen molar-refractivity contribution in [2.24, 2.45) is 11.3 Å². The summed E-state index contributed by atoms with van der Waals surface area (Å²) in [6.07, 6.45) is 8.54. The van der Waals surface area contributed by atoms with Crippen LogP contribution in [-0.2, 0) is 17.8 Å². The molecule has 3 aromatic heterocycles. The molecule has 10 heteroatoms. The number of halogens is 1. The second-order valence-corrected chi connectivity index (χ2v) is 10.4. The van der Waals surface area contributed by atoms with Crippen LogP contribution in [0.5, 0.6) is 0 Å². The number of anilines is 1. The van der Waals surface area contributed by atoms with Crippen LogP contribution in [-0.4, -0.2) is 42.8 Å². The van der Waals surface area contributed by atoms with E-state index in [4.69, 9.17) is 0 Å². The Labute approximate surface area is 215 Å². The van der Waals surface area contributed by atoms with Gasteiger partial charge in [0.05, 0.1) is 5.69 Å². The summed E-state index contributed by atoms with van der Waals surface area (Å²) in [6.45, 7) is 6.25. The Balaban J connectivity index is 1.38. The summed E-state index contributed by atoms with van der Waals surface area (Å²) in [5, 5.41) is 17.1. The van der Waals surface area contributed by atoms with Crippen LogP contribution in [0, 0.1) is 24.2 Å². The van der Waals surface area contributed by atoms with Crippen LogP contribution in [0.15, 0.2) is 24.4 Å². The molecular weight excluding hydrogens is 473 g/mol. The highest BCUT2D eigenvalue weighted by Gasteiger charge is 2.48. The van der Waals surface area contributed by atoms with Gasteiger partial charge in [-0.2, -0.15) is 14.6 Å². The molecule has 0 aliphatic heterocycles. The summed E-state index contributed by atoms with van der Waals surface area (Å²) in [4.78, 5) is 30.8. The Morgan fingerprint density at radius 3 is 2.76 bits per heavy atom. The fourth-order valence-electron chi connectivity index (χ4n) is 5.79. The molecule has 2 aliphatic rings. The monoisotopic (exact) mass is 507 g/mol. The summed E-state index contributed by atoms with van der Waals surface area (Å²) in [5.41, 5.74) is 3.27. The average Bonchev–Trinajstić information content (AvgIpc) is 3.28. The molecule has 0 bridgehead atoms. The second kappa shape index (κ2) is 10.1. The zero-order chi connectivity index (χ0) is 26.2. The van der Waals surface area contributed by atoms with Crippen LogP contribution >= 0.6 is 0 Å². The van der Waals surface area contributed by atoms with Crippen molar-refractivity contribution < 1.29 is 14.0 Å². The number of amides is 2. The summed E-state index contributed by atoms with van der Waals surface area (Å²) in [6, 6.07) is 4.10. The van der Waals surface area contributed by atoms with E-state index in [2.05, 4.69) is 30.9 Å². The first-order valence-electron chi connectivity index (χ1n) is 13.2. The number of carbonyl (C=O) groups is 2. The number of nitrogens with one attached hydrogen (secondary N) is 3. The van der Waals surface area contributed by atoms with E-state index in [0.717, 1.165) is 30.7 Å². The number of pyridine rings is 1. The van der Waals surface area contributed by atoms with Crippen LogP contribution < -0.4 is 10.6 Å². The SMILES string of the molecule is CCc1n[nH]c(C)c1-c1ccc(NC(=O)[C@@H](NC(=O)c2ccnn2CC)[C@H]2CCCC3(CC3)C2)nc1F. The number of hydrogen-bond donors (Lipinski definition) is 3. The van der Waals surface area contributed by atoms with Gasteiger partial charge in [0.1, 0.15) is 17.6 Å². The number of aromatic nitrogens is 5. The van der Waals surface area contributed by atoms with Gasteiger partial charge in [-0.05, 0) is 81.9 Å². The predicted molar refractivity (Wildman–Crippen MR) is 137 cm³/mol. The third kappa shape index (κ3) is 5.01. The van der Waals surface area contributed by atoms with Crippen molar-refractivity contribution in [2.75, 3.05) is 5.32 Å². The first kappa shape index (κ1) is 25.1. The van der Waals surface area contributed by atoms with Gasteiger partial charge in [0.2, 0.25) is 11.9 Å². The van der Waals surface area contributed by atoms with Gasteiger partial charge in [0, 0.05) is 29.6 Å². The molecule has 2 atom stereocenters. The van der Waals surface area contributed by atoms with E-state index < -0.39 is 12.0 Å². The lowest BCUT2D eigenvalue weighted by atomic mass is 9.75. The lowest BCUT2D eigenvalue weighted by molar-refractivity contribution is -0.119. The van der Waals surface area contributed by atoms with Crippen LogP contribution in [0.3, 0.4) is 0 Å². The van der Waals surface area contributed by atoms with E-state index in [1.54, 1.807) is 29.1 Å². The molecule has 1 spiro atoms. The molecule has 2 saturated carbocycles. The van der Waals surface area contributed by atoms with Gasteiger partial charge >= 0.3 is 0 Å². The van der Waals surface area contributed by atoms with Gasteiger partial charge in [0.25, 0.3) is 5.91 Å². The molecule has 5 rings (SSSR count). The minimum Gasteiger partial charge on any atom is -0.339 e. The molecule has 37 heavy (non-hydrogen) atoms. The smallest absolute Gasteiger partial charge is 0.270 e. The molecule has 3 N–H and O–H groups in total. The normalized spacial score (nSPS) is 19.0. The van der Waals surface area contributed by atoms with E-state index in [1.807, 2.05) is 20.8 Å². The van der Waals surface area contributed by atoms with E-state index in [0.29, 0.717) is 35.2 Å². The standard InChI is InChI=1S/C27H34FN7O2/c1-4-19-22(16(3)33-34-19)18-8-9-21(30-24(18)28)31-26(37)23(17-7-6-11-27(15-17)12-13-27)32-25(36)20-10-14-29-35(20)5-2/h8-10,14,17,23H,4-7,11-13,15H2,1-3H3,(H,32,36)(H,33,34)(H,30,31,37)/t17-,23-/m0/s1. The van der Waals surface area contributed by atoms with Crippen molar-refractivity contribution >= 4 is 17.6 Å². The molecule has 0 saturated heterocycles. The van der Waals surface area contributed by atoms with Crippen LogP contribution in [0.1, 0.15) is 74.2 Å². The summed E-state index contributed by atoms with van der Waals surface area (Å²) < 4.78 is 16.7. The van der Waals surface area contributed by atoms with Crippen LogP contribution in [0.25, 0.3) is 11.1 Å².